The molecule has 2 saturated heterocycles. The summed E-state index contributed by atoms with van der Waals surface area (Å²) in [6.07, 6.45) is 0.227. The number of aromatic nitrogens is 1. The number of pyridine rings is 1. The van der Waals surface area contributed by atoms with Gasteiger partial charge in [0.2, 0.25) is 5.91 Å². The van der Waals surface area contributed by atoms with Crippen molar-refractivity contribution in [2.45, 2.75) is 31.5 Å². The van der Waals surface area contributed by atoms with Gasteiger partial charge in [-0.25, -0.2) is 0 Å². The minimum absolute atomic E-state index is 0.145. The summed E-state index contributed by atoms with van der Waals surface area (Å²) in [5.41, 5.74) is -0.766. The summed E-state index contributed by atoms with van der Waals surface area (Å²) >= 11 is 0. The standard InChI is InChI=1S/C25H26F3N5O2/c1-31(2)23(35)21-14-24(16-33(21)22(34)17-5-9-30-10-6-17)7-11-32(12-8-24)19-4-3-18(15-29)20(13-19)25(26,27)28/h3-6,9-10,13,21H,7-8,11-12,14,16H2,1-2H3. The highest BCUT2D eigenvalue weighted by Crippen LogP contribution is 2.45. The predicted octanol–water partition coefficient (Wildman–Crippen LogP) is 3.56. The SMILES string of the molecule is CN(C)C(=O)C1CC2(CCN(c3ccc(C#N)c(C(F)(F)F)c3)CC2)CN1C(=O)c1ccncc1. The quantitative estimate of drug-likeness (QED) is 0.664. The third-order valence-electron chi connectivity index (χ3n) is 7.04. The third kappa shape index (κ3) is 4.81. The van der Waals surface area contributed by atoms with Crippen LogP contribution >= 0.6 is 0 Å². The zero-order chi connectivity index (χ0) is 25.4. The normalized spacial score (nSPS) is 19.5. The molecule has 7 nitrogen and oxygen atoms in total. The van der Waals surface area contributed by atoms with E-state index in [-0.39, 0.29) is 17.2 Å². The minimum Gasteiger partial charge on any atom is -0.371 e. The smallest absolute Gasteiger partial charge is 0.371 e. The molecule has 1 aromatic heterocycles. The molecule has 2 amide bonds. The second-order valence-electron chi connectivity index (χ2n) is 9.45. The molecule has 0 bridgehead atoms. The molecule has 0 N–H and O–H groups in total. The van der Waals surface area contributed by atoms with Gasteiger partial charge >= 0.3 is 6.18 Å². The second kappa shape index (κ2) is 9.21. The molecule has 184 valence electrons. The first kappa shape index (κ1) is 24.5. The van der Waals surface area contributed by atoms with Gasteiger partial charge in [0.05, 0.1) is 17.2 Å². The Bertz CT molecular complexity index is 1150. The number of benzene rings is 1. The van der Waals surface area contributed by atoms with Gasteiger partial charge in [-0.3, -0.25) is 14.6 Å². The highest BCUT2D eigenvalue weighted by molar-refractivity contribution is 5.98. The van der Waals surface area contributed by atoms with E-state index >= 15 is 0 Å². The molecule has 10 heteroatoms. The highest BCUT2D eigenvalue weighted by atomic mass is 19.4. The number of likely N-dealkylation sites (tertiary alicyclic amines) is 1. The summed E-state index contributed by atoms with van der Waals surface area (Å²) < 4.78 is 40.3. The number of halogens is 3. The molecule has 1 atom stereocenters. The van der Waals surface area contributed by atoms with Crippen LogP contribution in [0.25, 0.3) is 0 Å². The van der Waals surface area contributed by atoms with Crippen LogP contribution in [0.1, 0.15) is 40.7 Å². The topological polar surface area (TPSA) is 80.5 Å². The average Bonchev–Trinajstić information content (AvgIpc) is 3.22. The molecule has 0 aliphatic carbocycles. The molecule has 2 aromatic rings. The van der Waals surface area contributed by atoms with Crippen molar-refractivity contribution in [2.24, 2.45) is 5.41 Å². The lowest BCUT2D eigenvalue weighted by Crippen LogP contribution is -2.45. The van der Waals surface area contributed by atoms with Gasteiger partial charge in [0.25, 0.3) is 5.91 Å². The summed E-state index contributed by atoms with van der Waals surface area (Å²) in [5.74, 6) is -0.373. The Morgan fingerprint density at radius 2 is 1.80 bits per heavy atom. The van der Waals surface area contributed by atoms with Gasteiger partial charge in [-0.1, -0.05) is 0 Å². The van der Waals surface area contributed by atoms with Gasteiger partial charge < -0.3 is 14.7 Å². The number of carbonyl (C=O) groups excluding carboxylic acids is 2. The van der Waals surface area contributed by atoms with E-state index in [9.17, 15) is 22.8 Å². The molecule has 2 aliphatic heterocycles. The van der Waals surface area contributed by atoms with E-state index in [2.05, 4.69) is 4.98 Å². The van der Waals surface area contributed by atoms with Crippen LogP contribution in [-0.4, -0.2) is 66.4 Å². The summed E-state index contributed by atoms with van der Waals surface area (Å²) in [7, 11) is 3.32. The Balaban J connectivity index is 1.55. The Kier molecular flexibility index (Phi) is 6.45. The van der Waals surface area contributed by atoms with Crippen LogP contribution < -0.4 is 4.90 Å². The minimum atomic E-state index is -4.61. The number of carbonyl (C=O) groups is 2. The summed E-state index contributed by atoms with van der Waals surface area (Å²) in [6.45, 7) is 1.39. The zero-order valence-electron chi connectivity index (χ0n) is 19.5. The summed E-state index contributed by atoms with van der Waals surface area (Å²) in [4.78, 5) is 35.2. The van der Waals surface area contributed by atoms with Gasteiger partial charge in [0, 0.05) is 57.4 Å². The Morgan fingerprint density at radius 3 is 2.37 bits per heavy atom. The number of likely N-dealkylation sites (N-methyl/N-ethyl adjacent to an activating group) is 1. The molecule has 3 heterocycles. The number of piperidine rings is 1. The van der Waals surface area contributed by atoms with Crippen LogP contribution in [0.5, 0.6) is 0 Å². The highest BCUT2D eigenvalue weighted by Gasteiger charge is 2.50. The first-order valence-corrected chi connectivity index (χ1v) is 11.3. The molecule has 1 unspecified atom stereocenters. The number of nitrogens with zero attached hydrogens (tertiary/aromatic N) is 5. The first-order chi connectivity index (χ1) is 16.5. The van der Waals surface area contributed by atoms with Crippen LogP contribution in [0.4, 0.5) is 18.9 Å². The molecule has 1 aromatic carbocycles. The van der Waals surface area contributed by atoms with Crippen LogP contribution in [-0.2, 0) is 11.0 Å². The Hall–Kier alpha value is -3.61. The van der Waals surface area contributed by atoms with Crippen molar-refractivity contribution in [3.8, 4) is 6.07 Å². The number of hydrogen-bond donors (Lipinski definition) is 0. The van der Waals surface area contributed by atoms with Crippen molar-refractivity contribution in [1.82, 2.24) is 14.8 Å². The maximum absolute atomic E-state index is 13.4. The van der Waals surface area contributed by atoms with E-state index < -0.39 is 23.3 Å². The van der Waals surface area contributed by atoms with E-state index in [1.54, 1.807) is 37.2 Å². The van der Waals surface area contributed by atoms with Crippen molar-refractivity contribution in [1.29, 1.82) is 5.26 Å². The van der Waals surface area contributed by atoms with Crippen LogP contribution in [0.3, 0.4) is 0 Å². The van der Waals surface area contributed by atoms with Crippen LogP contribution in [0.15, 0.2) is 42.7 Å². The van der Waals surface area contributed by atoms with E-state index in [0.29, 0.717) is 50.1 Å². The monoisotopic (exact) mass is 485 g/mol. The van der Waals surface area contributed by atoms with E-state index in [0.717, 1.165) is 6.07 Å². The lowest BCUT2D eigenvalue weighted by Gasteiger charge is -2.40. The zero-order valence-corrected chi connectivity index (χ0v) is 19.5. The molecule has 2 fully saturated rings. The molecule has 0 radical (unpaired) electrons. The maximum Gasteiger partial charge on any atom is 0.417 e. The van der Waals surface area contributed by atoms with Crippen molar-refractivity contribution in [3.63, 3.8) is 0 Å². The first-order valence-electron chi connectivity index (χ1n) is 11.3. The lowest BCUT2D eigenvalue weighted by molar-refractivity contribution is -0.137. The predicted molar refractivity (Wildman–Crippen MR) is 122 cm³/mol. The van der Waals surface area contributed by atoms with Crippen LogP contribution in [0.2, 0.25) is 0 Å². The van der Waals surface area contributed by atoms with Crippen molar-refractivity contribution < 1.29 is 22.8 Å². The fourth-order valence-corrected chi connectivity index (χ4v) is 5.11. The molecule has 35 heavy (non-hydrogen) atoms. The summed E-state index contributed by atoms with van der Waals surface area (Å²) in [5, 5.41) is 9.05. The van der Waals surface area contributed by atoms with Gasteiger partial charge in [-0.15, -0.1) is 0 Å². The number of rotatable bonds is 3. The van der Waals surface area contributed by atoms with Crippen molar-refractivity contribution >= 4 is 17.5 Å². The lowest BCUT2D eigenvalue weighted by atomic mass is 9.76. The van der Waals surface area contributed by atoms with Crippen molar-refractivity contribution in [2.75, 3.05) is 38.6 Å². The fourth-order valence-electron chi connectivity index (χ4n) is 5.11. The molecule has 4 rings (SSSR count). The van der Waals surface area contributed by atoms with E-state index in [1.807, 2.05) is 4.90 Å². The van der Waals surface area contributed by atoms with Gasteiger partial charge in [0.1, 0.15) is 6.04 Å². The average molecular weight is 486 g/mol. The number of hydrogen-bond acceptors (Lipinski definition) is 5. The molecule has 0 saturated carbocycles. The maximum atomic E-state index is 13.4. The number of alkyl halides is 3. The van der Waals surface area contributed by atoms with Gasteiger partial charge in [-0.2, -0.15) is 18.4 Å². The molecular weight excluding hydrogens is 459 g/mol. The molecule has 1 spiro atoms. The largest absolute Gasteiger partial charge is 0.417 e. The number of anilines is 1. The second-order valence-corrected chi connectivity index (χ2v) is 9.45. The number of amides is 2. The summed E-state index contributed by atoms with van der Waals surface area (Å²) in [6, 6.07) is 8.04. The van der Waals surface area contributed by atoms with Gasteiger partial charge in [0.15, 0.2) is 0 Å². The van der Waals surface area contributed by atoms with E-state index in [1.165, 1.54) is 29.4 Å². The Morgan fingerprint density at radius 1 is 1.14 bits per heavy atom. The molecular formula is C25H26F3N5O2. The van der Waals surface area contributed by atoms with Crippen molar-refractivity contribution in [3.05, 3.63) is 59.4 Å². The Labute approximate surface area is 201 Å². The van der Waals surface area contributed by atoms with Crippen LogP contribution in [0, 0.1) is 16.7 Å². The molecule has 2 aliphatic rings. The number of nitriles is 1. The third-order valence-corrected chi connectivity index (χ3v) is 7.04. The van der Waals surface area contributed by atoms with E-state index in [4.69, 9.17) is 5.26 Å². The fraction of sp³-hybridized carbons (Fsp3) is 0.440. The van der Waals surface area contributed by atoms with Gasteiger partial charge in [-0.05, 0) is 55.0 Å².